The minimum Gasteiger partial charge on any atom is -0.406 e. The van der Waals surface area contributed by atoms with Crippen molar-refractivity contribution in [1.29, 1.82) is 0 Å². The Labute approximate surface area is 193 Å². The van der Waals surface area contributed by atoms with E-state index in [1.807, 2.05) is 43.3 Å². The number of aryl methyl sites for hydroxylation is 1. The Bertz CT molecular complexity index is 1290. The van der Waals surface area contributed by atoms with Gasteiger partial charge in [-0.2, -0.15) is 0 Å². The van der Waals surface area contributed by atoms with Crippen LogP contribution in [-0.2, 0) is 0 Å². The molecule has 0 spiro atoms. The molecular formula is C25H19F3N4O2. The summed E-state index contributed by atoms with van der Waals surface area (Å²) in [5.74, 6) is -0.418. The molecule has 0 saturated carbocycles. The first-order valence-corrected chi connectivity index (χ1v) is 10.2. The van der Waals surface area contributed by atoms with Crippen LogP contribution in [0.25, 0.3) is 11.3 Å². The van der Waals surface area contributed by atoms with Crippen LogP contribution in [0.15, 0.2) is 85.1 Å². The Morgan fingerprint density at radius 2 is 1.68 bits per heavy atom. The monoisotopic (exact) mass is 464 g/mol. The van der Waals surface area contributed by atoms with Crippen LogP contribution in [0.2, 0.25) is 0 Å². The summed E-state index contributed by atoms with van der Waals surface area (Å²) in [5, 5.41) is 5.80. The van der Waals surface area contributed by atoms with Crippen molar-refractivity contribution in [3.05, 3.63) is 96.2 Å². The molecular weight excluding hydrogens is 445 g/mol. The molecule has 6 nitrogen and oxygen atoms in total. The van der Waals surface area contributed by atoms with Gasteiger partial charge >= 0.3 is 6.36 Å². The third kappa shape index (κ3) is 5.89. The molecule has 9 heteroatoms. The zero-order valence-corrected chi connectivity index (χ0v) is 17.9. The highest BCUT2D eigenvalue weighted by atomic mass is 19.4. The molecule has 0 bridgehead atoms. The average molecular weight is 464 g/mol. The molecule has 0 aliphatic heterocycles. The number of nitrogens with one attached hydrogen (secondary N) is 2. The van der Waals surface area contributed by atoms with Gasteiger partial charge in [-0.25, -0.2) is 9.97 Å². The number of hydrogen-bond acceptors (Lipinski definition) is 5. The maximum Gasteiger partial charge on any atom is 0.573 e. The highest BCUT2D eigenvalue weighted by Gasteiger charge is 2.31. The molecule has 34 heavy (non-hydrogen) atoms. The first-order chi connectivity index (χ1) is 16.3. The van der Waals surface area contributed by atoms with Gasteiger partial charge in [-0.1, -0.05) is 36.4 Å². The molecule has 0 atom stereocenters. The molecule has 0 unspecified atom stereocenters. The molecule has 0 fully saturated rings. The van der Waals surface area contributed by atoms with Gasteiger partial charge in [0.05, 0.1) is 5.69 Å². The standard InChI is InChI=1S/C25H19F3N4O2/c1-16-7-8-18(23(33)30-19-9-11-20(12-10-19)34-25(26,27)28)15-22(16)32-24-29-14-13-21(31-24)17-5-3-2-4-6-17/h2-15H,1H3,(H,30,33)(H,29,31,32). The fraction of sp³-hybridized carbons (Fsp3) is 0.0800. The summed E-state index contributed by atoms with van der Waals surface area (Å²) >= 11 is 0. The highest BCUT2D eigenvalue weighted by Crippen LogP contribution is 2.25. The molecule has 0 radical (unpaired) electrons. The Balaban J connectivity index is 1.48. The number of aromatic nitrogens is 2. The summed E-state index contributed by atoms with van der Waals surface area (Å²) in [6, 6.07) is 21.5. The zero-order chi connectivity index (χ0) is 24.1. The lowest BCUT2D eigenvalue weighted by Crippen LogP contribution is -2.17. The van der Waals surface area contributed by atoms with Crippen molar-refractivity contribution in [3.8, 4) is 17.0 Å². The van der Waals surface area contributed by atoms with Crippen molar-refractivity contribution in [2.75, 3.05) is 10.6 Å². The largest absolute Gasteiger partial charge is 0.573 e. The Morgan fingerprint density at radius 1 is 0.941 bits per heavy atom. The SMILES string of the molecule is Cc1ccc(C(=O)Nc2ccc(OC(F)(F)F)cc2)cc1Nc1nccc(-c2ccccc2)n1. The van der Waals surface area contributed by atoms with Crippen LogP contribution in [0, 0.1) is 6.92 Å². The average Bonchev–Trinajstić information content (AvgIpc) is 2.81. The quantitative estimate of drug-likeness (QED) is 0.348. The molecule has 172 valence electrons. The number of rotatable bonds is 6. The van der Waals surface area contributed by atoms with Crippen LogP contribution >= 0.6 is 0 Å². The van der Waals surface area contributed by atoms with Crippen molar-refractivity contribution < 1.29 is 22.7 Å². The number of carbonyl (C=O) groups is 1. The molecule has 1 heterocycles. The first-order valence-electron chi connectivity index (χ1n) is 10.2. The maximum absolute atomic E-state index is 12.7. The maximum atomic E-state index is 12.7. The number of nitrogens with zero attached hydrogens (tertiary/aromatic N) is 2. The van der Waals surface area contributed by atoms with Crippen LogP contribution < -0.4 is 15.4 Å². The van der Waals surface area contributed by atoms with Crippen LogP contribution in [0.1, 0.15) is 15.9 Å². The predicted molar refractivity (Wildman–Crippen MR) is 123 cm³/mol. The van der Waals surface area contributed by atoms with Gasteiger partial charge in [0.25, 0.3) is 5.91 Å². The fourth-order valence-electron chi connectivity index (χ4n) is 3.15. The second kappa shape index (κ2) is 9.62. The third-order valence-electron chi connectivity index (χ3n) is 4.82. The van der Waals surface area contributed by atoms with Crippen LogP contribution in [0.3, 0.4) is 0 Å². The van der Waals surface area contributed by atoms with E-state index in [0.717, 1.165) is 29.0 Å². The lowest BCUT2D eigenvalue weighted by Gasteiger charge is -2.12. The van der Waals surface area contributed by atoms with Crippen LogP contribution in [0.4, 0.5) is 30.5 Å². The van der Waals surface area contributed by atoms with Gasteiger partial charge in [0.15, 0.2) is 0 Å². The van der Waals surface area contributed by atoms with Crippen molar-refractivity contribution >= 4 is 23.2 Å². The van der Waals surface area contributed by atoms with Crippen molar-refractivity contribution in [1.82, 2.24) is 9.97 Å². The van der Waals surface area contributed by atoms with Gasteiger partial charge in [0.1, 0.15) is 5.75 Å². The number of alkyl halides is 3. The number of anilines is 3. The van der Waals surface area contributed by atoms with E-state index in [9.17, 15) is 18.0 Å². The number of amides is 1. The smallest absolute Gasteiger partial charge is 0.406 e. The number of halogens is 3. The summed E-state index contributed by atoms with van der Waals surface area (Å²) < 4.78 is 40.7. The number of benzene rings is 3. The molecule has 0 saturated heterocycles. The van der Waals surface area contributed by atoms with E-state index in [1.54, 1.807) is 24.4 Å². The third-order valence-corrected chi connectivity index (χ3v) is 4.82. The lowest BCUT2D eigenvalue weighted by atomic mass is 10.1. The fourth-order valence-corrected chi connectivity index (χ4v) is 3.15. The van der Waals surface area contributed by atoms with Crippen molar-refractivity contribution in [3.63, 3.8) is 0 Å². The Kier molecular flexibility index (Phi) is 6.44. The molecule has 4 aromatic rings. The van der Waals surface area contributed by atoms with E-state index in [1.165, 1.54) is 12.1 Å². The molecule has 4 rings (SSSR count). The van der Waals surface area contributed by atoms with E-state index >= 15 is 0 Å². The van der Waals surface area contributed by atoms with E-state index < -0.39 is 12.3 Å². The normalized spacial score (nSPS) is 11.1. The summed E-state index contributed by atoms with van der Waals surface area (Å²) in [5.41, 5.74) is 3.90. The van der Waals surface area contributed by atoms with E-state index in [4.69, 9.17) is 0 Å². The topological polar surface area (TPSA) is 76.1 Å². The summed E-state index contributed by atoms with van der Waals surface area (Å²) in [6.07, 6.45) is -3.13. The van der Waals surface area contributed by atoms with Gasteiger partial charge in [0.2, 0.25) is 5.95 Å². The molecule has 0 aliphatic carbocycles. The molecule has 1 amide bonds. The van der Waals surface area contributed by atoms with E-state index in [2.05, 4.69) is 25.3 Å². The van der Waals surface area contributed by atoms with Gasteiger partial charge in [-0.3, -0.25) is 4.79 Å². The molecule has 2 N–H and O–H groups in total. The van der Waals surface area contributed by atoms with E-state index in [0.29, 0.717) is 22.9 Å². The van der Waals surface area contributed by atoms with Gasteiger partial charge in [0, 0.05) is 28.7 Å². The van der Waals surface area contributed by atoms with Crippen LogP contribution in [-0.4, -0.2) is 22.2 Å². The second-order valence-electron chi connectivity index (χ2n) is 7.31. The Hall–Kier alpha value is -4.40. The van der Waals surface area contributed by atoms with Gasteiger partial charge in [-0.05, 0) is 55.0 Å². The summed E-state index contributed by atoms with van der Waals surface area (Å²) in [7, 11) is 0. The minimum absolute atomic E-state index is 0.327. The summed E-state index contributed by atoms with van der Waals surface area (Å²) in [6.45, 7) is 1.88. The second-order valence-corrected chi connectivity index (χ2v) is 7.31. The molecule has 0 aliphatic rings. The van der Waals surface area contributed by atoms with Gasteiger partial charge < -0.3 is 15.4 Å². The number of carbonyl (C=O) groups excluding carboxylic acids is 1. The molecule has 3 aromatic carbocycles. The predicted octanol–water partition coefficient (Wildman–Crippen LogP) is 6.35. The highest BCUT2D eigenvalue weighted by molar-refractivity contribution is 6.05. The minimum atomic E-state index is -4.78. The summed E-state index contributed by atoms with van der Waals surface area (Å²) in [4.78, 5) is 21.5. The van der Waals surface area contributed by atoms with Crippen molar-refractivity contribution in [2.45, 2.75) is 13.3 Å². The molecule has 1 aromatic heterocycles. The van der Waals surface area contributed by atoms with Gasteiger partial charge in [-0.15, -0.1) is 13.2 Å². The Morgan fingerprint density at radius 3 is 2.38 bits per heavy atom. The number of hydrogen-bond donors (Lipinski definition) is 2. The first kappa shape index (κ1) is 22.8. The van der Waals surface area contributed by atoms with E-state index in [-0.39, 0.29) is 5.75 Å². The number of ether oxygens (including phenoxy) is 1. The lowest BCUT2D eigenvalue weighted by molar-refractivity contribution is -0.274. The van der Waals surface area contributed by atoms with Crippen LogP contribution in [0.5, 0.6) is 5.75 Å². The van der Waals surface area contributed by atoms with Crippen molar-refractivity contribution in [2.24, 2.45) is 0 Å². The zero-order valence-electron chi connectivity index (χ0n) is 17.9.